The Kier molecular flexibility index (Phi) is 3.89. The maximum absolute atomic E-state index is 11.2. The Bertz CT molecular complexity index is 206. The van der Waals surface area contributed by atoms with Gasteiger partial charge in [0.1, 0.15) is 0 Å². The fraction of sp³-hybridized carbons (Fsp3) is 0.900. The molecule has 0 aromatic heterocycles. The molecule has 0 bridgehead atoms. The monoisotopic (exact) mass is 199 g/mol. The molecule has 2 atom stereocenters. The molecular formula is C10H21N3O. The third kappa shape index (κ3) is 2.96. The van der Waals surface area contributed by atoms with Crippen LogP contribution in [0.15, 0.2) is 0 Å². The predicted molar refractivity (Wildman–Crippen MR) is 56.9 cm³/mol. The van der Waals surface area contributed by atoms with E-state index >= 15 is 0 Å². The molecule has 1 saturated heterocycles. The highest BCUT2D eigenvalue weighted by Gasteiger charge is 2.25. The Balaban J connectivity index is 2.42. The van der Waals surface area contributed by atoms with E-state index in [0.29, 0.717) is 6.04 Å². The molecule has 0 aliphatic carbocycles. The summed E-state index contributed by atoms with van der Waals surface area (Å²) in [5.74, 6) is 0.179. The highest BCUT2D eigenvalue weighted by Crippen LogP contribution is 2.09. The van der Waals surface area contributed by atoms with Gasteiger partial charge >= 0.3 is 0 Å². The van der Waals surface area contributed by atoms with E-state index < -0.39 is 0 Å². The third-order valence-corrected chi connectivity index (χ3v) is 2.66. The van der Waals surface area contributed by atoms with E-state index in [1.807, 2.05) is 11.8 Å². The number of carbonyl (C=O) groups excluding carboxylic acids is 1. The van der Waals surface area contributed by atoms with Gasteiger partial charge in [-0.1, -0.05) is 0 Å². The lowest BCUT2D eigenvalue weighted by Gasteiger charge is -2.40. The van der Waals surface area contributed by atoms with E-state index in [1.54, 1.807) is 6.92 Å². The number of rotatable bonds is 2. The van der Waals surface area contributed by atoms with Crippen LogP contribution < -0.4 is 5.73 Å². The van der Waals surface area contributed by atoms with Crippen molar-refractivity contribution in [2.75, 3.05) is 26.2 Å². The summed E-state index contributed by atoms with van der Waals surface area (Å²) in [4.78, 5) is 15.5. The lowest BCUT2D eigenvalue weighted by Crippen LogP contribution is -2.55. The molecule has 0 aromatic rings. The molecule has 1 aliphatic rings. The van der Waals surface area contributed by atoms with Crippen LogP contribution in [-0.2, 0) is 4.79 Å². The molecule has 1 aliphatic heterocycles. The highest BCUT2D eigenvalue weighted by molar-refractivity contribution is 5.73. The lowest BCUT2D eigenvalue weighted by atomic mass is 10.1. The number of amides is 1. The number of piperazine rings is 1. The molecule has 82 valence electrons. The van der Waals surface area contributed by atoms with Crippen LogP contribution in [0.3, 0.4) is 0 Å². The standard InChI is InChI=1S/C10H21N3O/c1-8(11)6-12-4-5-13(10(3)14)9(2)7-12/h8-9H,4-7,11H2,1-3H3. The van der Waals surface area contributed by atoms with E-state index in [4.69, 9.17) is 5.73 Å². The van der Waals surface area contributed by atoms with Crippen LogP contribution in [-0.4, -0.2) is 54.0 Å². The first-order chi connectivity index (χ1) is 6.50. The minimum atomic E-state index is 0.179. The van der Waals surface area contributed by atoms with Crippen molar-refractivity contribution in [2.45, 2.75) is 32.9 Å². The van der Waals surface area contributed by atoms with Gasteiger partial charge in [-0.25, -0.2) is 0 Å². The molecule has 0 aromatic carbocycles. The van der Waals surface area contributed by atoms with Crippen LogP contribution in [0.25, 0.3) is 0 Å². The van der Waals surface area contributed by atoms with Gasteiger partial charge in [-0.05, 0) is 13.8 Å². The summed E-state index contributed by atoms with van der Waals surface area (Å²) in [6.07, 6.45) is 0. The van der Waals surface area contributed by atoms with Crippen molar-refractivity contribution in [3.8, 4) is 0 Å². The van der Waals surface area contributed by atoms with Gasteiger partial charge in [-0.2, -0.15) is 0 Å². The molecule has 4 nitrogen and oxygen atoms in total. The minimum absolute atomic E-state index is 0.179. The van der Waals surface area contributed by atoms with E-state index in [1.165, 1.54) is 0 Å². The zero-order chi connectivity index (χ0) is 10.7. The van der Waals surface area contributed by atoms with Gasteiger partial charge in [0.2, 0.25) is 5.91 Å². The molecule has 1 amide bonds. The Morgan fingerprint density at radius 2 is 2.21 bits per heavy atom. The van der Waals surface area contributed by atoms with Crippen LogP contribution in [0.1, 0.15) is 20.8 Å². The Labute approximate surface area is 86.0 Å². The summed E-state index contributed by atoms with van der Waals surface area (Å²) in [5, 5.41) is 0. The average molecular weight is 199 g/mol. The van der Waals surface area contributed by atoms with Crippen molar-refractivity contribution >= 4 is 5.91 Å². The minimum Gasteiger partial charge on any atom is -0.338 e. The van der Waals surface area contributed by atoms with Crippen molar-refractivity contribution in [3.63, 3.8) is 0 Å². The molecule has 1 fully saturated rings. The van der Waals surface area contributed by atoms with Gasteiger partial charge in [0.15, 0.2) is 0 Å². The number of carbonyl (C=O) groups is 1. The normalized spacial score (nSPS) is 26.3. The molecule has 4 heteroatoms. The average Bonchev–Trinajstić information content (AvgIpc) is 2.01. The van der Waals surface area contributed by atoms with Crippen molar-refractivity contribution < 1.29 is 4.79 Å². The van der Waals surface area contributed by atoms with Gasteiger partial charge < -0.3 is 10.6 Å². The van der Waals surface area contributed by atoms with Crippen molar-refractivity contribution in [1.29, 1.82) is 0 Å². The summed E-state index contributed by atoms with van der Waals surface area (Å²) in [6, 6.07) is 0.533. The van der Waals surface area contributed by atoms with Crippen LogP contribution in [0.4, 0.5) is 0 Å². The zero-order valence-electron chi connectivity index (χ0n) is 9.36. The molecule has 0 saturated carbocycles. The number of hydrogen-bond donors (Lipinski definition) is 1. The fourth-order valence-electron chi connectivity index (χ4n) is 2.07. The summed E-state index contributed by atoms with van der Waals surface area (Å²) in [7, 11) is 0. The molecule has 0 spiro atoms. The third-order valence-electron chi connectivity index (χ3n) is 2.66. The second-order valence-corrected chi connectivity index (χ2v) is 4.30. The van der Waals surface area contributed by atoms with Crippen molar-refractivity contribution in [2.24, 2.45) is 5.73 Å². The summed E-state index contributed by atoms with van der Waals surface area (Å²) in [6.45, 7) is 9.40. The molecule has 14 heavy (non-hydrogen) atoms. The SMILES string of the molecule is CC(=O)N1CCN(CC(C)N)CC1C. The lowest BCUT2D eigenvalue weighted by molar-refractivity contribution is -0.133. The summed E-state index contributed by atoms with van der Waals surface area (Å²) in [5.41, 5.74) is 5.74. The smallest absolute Gasteiger partial charge is 0.219 e. The summed E-state index contributed by atoms with van der Waals surface area (Å²) >= 11 is 0. The van der Waals surface area contributed by atoms with Crippen LogP contribution in [0.5, 0.6) is 0 Å². The van der Waals surface area contributed by atoms with Crippen molar-refractivity contribution in [3.05, 3.63) is 0 Å². The van der Waals surface area contributed by atoms with E-state index in [-0.39, 0.29) is 11.9 Å². The van der Waals surface area contributed by atoms with Gasteiger partial charge in [0.25, 0.3) is 0 Å². The molecule has 0 radical (unpaired) electrons. The van der Waals surface area contributed by atoms with Crippen LogP contribution >= 0.6 is 0 Å². The highest BCUT2D eigenvalue weighted by atomic mass is 16.2. The van der Waals surface area contributed by atoms with Gasteiger partial charge in [0.05, 0.1) is 0 Å². The maximum atomic E-state index is 11.2. The maximum Gasteiger partial charge on any atom is 0.219 e. The van der Waals surface area contributed by atoms with Gasteiger partial charge in [-0.15, -0.1) is 0 Å². The van der Waals surface area contributed by atoms with E-state index in [9.17, 15) is 4.79 Å². The molecule has 1 rings (SSSR count). The molecule has 1 heterocycles. The first kappa shape index (κ1) is 11.5. The topological polar surface area (TPSA) is 49.6 Å². The molecule has 2 N–H and O–H groups in total. The number of nitrogens with two attached hydrogens (primary N) is 1. The van der Waals surface area contributed by atoms with Crippen molar-refractivity contribution in [1.82, 2.24) is 9.80 Å². The second kappa shape index (κ2) is 4.75. The first-order valence-electron chi connectivity index (χ1n) is 5.26. The number of hydrogen-bond acceptors (Lipinski definition) is 3. The van der Waals surface area contributed by atoms with Gasteiger partial charge in [-0.3, -0.25) is 9.69 Å². The fourth-order valence-corrected chi connectivity index (χ4v) is 2.07. The Morgan fingerprint density at radius 3 is 2.64 bits per heavy atom. The van der Waals surface area contributed by atoms with Crippen LogP contribution in [0, 0.1) is 0 Å². The first-order valence-corrected chi connectivity index (χ1v) is 5.26. The Morgan fingerprint density at radius 1 is 1.57 bits per heavy atom. The zero-order valence-corrected chi connectivity index (χ0v) is 9.36. The summed E-state index contributed by atoms with van der Waals surface area (Å²) < 4.78 is 0. The largest absolute Gasteiger partial charge is 0.338 e. The quantitative estimate of drug-likeness (QED) is 0.675. The molecule has 2 unspecified atom stereocenters. The van der Waals surface area contributed by atoms with E-state index in [2.05, 4.69) is 11.8 Å². The van der Waals surface area contributed by atoms with E-state index in [0.717, 1.165) is 26.2 Å². The van der Waals surface area contributed by atoms with Crippen LogP contribution in [0.2, 0.25) is 0 Å². The second-order valence-electron chi connectivity index (χ2n) is 4.30. The molecular weight excluding hydrogens is 178 g/mol. The van der Waals surface area contributed by atoms with Gasteiger partial charge in [0, 0.05) is 45.2 Å². The Hall–Kier alpha value is -0.610. The number of nitrogens with zero attached hydrogens (tertiary/aromatic N) is 2. The predicted octanol–water partition coefficient (Wildman–Crippen LogP) is -0.114.